The quantitative estimate of drug-likeness (QED) is 0.893. The van der Waals surface area contributed by atoms with Crippen LogP contribution in [0.2, 0.25) is 0 Å². The number of methoxy groups -OCH3 is 1. The van der Waals surface area contributed by atoms with Gasteiger partial charge in [-0.25, -0.2) is 4.79 Å². The Hall–Kier alpha value is -2.49. The zero-order valence-electron chi connectivity index (χ0n) is 11.6. The van der Waals surface area contributed by atoms with Gasteiger partial charge in [0.25, 0.3) is 0 Å². The van der Waals surface area contributed by atoms with E-state index in [1.165, 1.54) is 0 Å². The van der Waals surface area contributed by atoms with Crippen LogP contribution in [0.5, 0.6) is 5.75 Å². The van der Waals surface area contributed by atoms with E-state index in [0.29, 0.717) is 6.54 Å². The summed E-state index contributed by atoms with van der Waals surface area (Å²) >= 11 is 0. The molecule has 0 aromatic heterocycles. The minimum Gasteiger partial charge on any atom is -0.497 e. The SMILES string of the molecule is CCNC(=O)Nc1cccc(-c2cccc(OC)c2)c1. The molecule has 2 N–H and O–H groups in total. The molecule has 4 heteroatoms. The summed E-state index contributed by atoms with van der Waals surface area (Å²) < 4.78 is 5.22. The number of carbonyl (C=O) groups excluding carboxylic acids is 1. The first-order chi connectivity index (χ1) is 9.72. The van der Waals surface area contributed by atoms with Crippen molar-refractivity contribution < 1.29 is 9.53 Å². The highest BCUT2D eigenvalue weighted by atomic mass is 16.5. The Morgan fingerprint density at radius 2 is 1.80 bits per heavy atom. The molecule has 0 saturated heterocycles. The first-order valence-corrected chi connectivity index (χ1v) is 6.52. The van der Waals surface area contributed by atoms with Gasteiger partial charge in [0.2, 0.25) is 0 Å². The lowest BCUT2D eigenvalue weighted by Crippen LogP contribution is -2.28. The summed E-state index contributed by atoms with van der Waals surface area (Å²) in [7, 11) is 1.65. The second-order valence-electron chi connectivity index (χ2n) is 4.30. The number of hydrogen-bond donors (Lipinski definition) is 2. The van der Waals surface area contributed by atoms with Crippen LogP contribution in [0.3, 0.4) is 0 Å². The molecule has 2 aromatic rings. The highest BCUT2D eigenvalue weighted by Crippen LogP contribution is 2.25. The molecule has 0 aliphatic carbocycles. The van der Waals surface area contributed by atoms with Crippen molar-refractivity contribution in [1.29, 1.82) is 0 Å². The number of carbonyl (C=O) groups is 1. The van der Waals surface area contributed by atoms with E-state index in [-0.39, 0.29) is 6.03 Å². The van der Waals surface area contributed by atoms with E-state index < -0.39 is 0 Å². The van der Waals surface area contributed by atoms with Crippen molar-refractivity contribution in [3.63, 3.8) is 0 Å². The summed E-state index contributed by atoms with van der Waals surface area (Å²) in [6, 6.07) is 15.3. The molecule has 0 radical (unpaired) electrons. The van der Waals surface area contributed by atoms with Crippen LogP contribution >= 0.6 is 0 Å². The predicted octanol–water partition coefficient (Wildman–Crippen LogP) is 3.50. The van der Waals surface area contributed by atoms with Crippen molar-refractivity contribution in [2.75, 3.05) is 19.0 Å². The number of anilines is 1. The molecule has 0 aliphatic rings. The minimum absolute atomic E-state index is 0.199. The smallest absolute Gasteiger partial charge is 0.319 e. The summed E-state index contributed by atoms with van der Waals surface area (Å²) in [5, 5.41) is 5.50. The Morgan fingerprint density at radius 1 is 1.10 bits per heavy atom. The first-order valence-electron chi connectivity index (χ1n) is 6.52. The van der Waals surface area contributed by atoms with Crippen LogP contribution in [0.1, 0.15) is 6.92 Å². The van der Waals surface area contributed by atoms with Crippen molar-refractivity contribution in [2.24, 2.45) is 0 Å². The fraction of sp³-hybridized carbons (Fsp3) is 0.188. The maximum Gasteiger partial charge on any atom is 0.319 e. The molecular formula is C16H18N2O2. The Bertz CT molecular complexity index is 597. The van der Waals surface area contributed by atoms with Crippen molar-refractivity contribution >= 4 is 11.7 Å². The van der Waals surface area contributed by atoms with Gasteiger partial charge in [0.15, 0.2) is 0 Å². The molecule has 0 fully saturated rings. The van der Waals surface area contributed by atoms with Crippen LogP contribution in [-0.4, -0.2) is 19.7 Å². The fourth-order valence-corrected chi connectivity index (χ4v) is 1.91. The van der Waals surface area contributed by atoms with E-state index in [4.69, 9.17) is 4.74 Å². The Labute approximate surface area is 118 Å². The number of urea groups is 1. The van der Waals surface area contributed by atoms with Gasteiger partial charge in [-0.2, -0.15) is 0 Å². The molecule has 0 saturated carbocycles. The molecule has 2 aromatic carbocycles. The van der Waals surface area contributed by atoms with Crippen LogP contribution in [0.25, 0.3) is 11.1 Å². The van der Waals surface area contributed by atoms with Crippen molar-refractivity contribution in [2.45, 2.75) is 6.92 Å². The third-order valence-electron chi connectivity index (χ3n) is 2.86. The van der Waals surface area contributed by atoms with Crippen LogP contribution in [0, 0.1) is 0 Å². The summed E-state index contributed by atoms with van der Waals surface area (Å²) in [5.74, 6) is 0.810. The third kappa shape index (κ3) is 3.51. The summed E-state index contributed by atoms with van der Waals surface area (Å²) in [5.41, 5.74) is 2.83. The maximum atomic E-state index is 11.5. The number of rotatable bonds is 4. The fourth-order valence-electron chi connectivity index (χ4n) is 1.91. The van der Waals surface area contributed by atoms with E-state index >= 15 is 0 Å². The van der Waals surface area contributed by atoms with Gasteiger partial charge >= 0.3 is 6.03 Å². The van der Waals surface area contributed by atoms with E-state index in [1.54, 1.807) is 7.11 Å². The number of ether oxygens (including phenoxy) is 1. The summed E-state index contributed by atoms with van der Waals surface area (Å²) in [6.45, 7) is 2.48. The standard InChI is InChI=1S/C16H18N2O2/c1-3-17-16(19)18-14-8-4-6-12(10-14)13-7-5-9-15(11-13)20-2/h4-11H,3H2,1-2H3,(H2,17,18,19). The van der Waals surface area contributed by atoms with Gasteiger partial charge in [-0.3, -0.25) is 0 Å². The van der Waals surface area contributed by atoms with E-state index in [9.17, 15) is 4.79 Å². The number of benzene rings is 2. The highest BCUT2D eigenvalue weighted by Gasteiger charge is 2.03. The number of hydrogen-bond acceptors (Lipinski definition) is 2. The molecule has 0 atom stereocenters. The predicted molar refractivity (Wildman–Crippen MR) is 81.1 cm³/mol. The molecule has 2 rings (SSSR count). The Balaban J connectivity index is 2.22. The van der Waals surface area contributed by atoms with Crippen molar-refractivity contribution in [3.8, 4) is 16.9 Å². The third-order valence-corrected chi connectivity index (χ3v) is 2.86. The lowest BCUT2D eigenvalue weighted by molar-refractivity contribution is 0.252. The minimum atomic E-state index is -0.199. The van der Waals surface area contributed by atoms with Gasteiger partial charge in [-0.1, -0.05) is 24.3 Å². The van der Waals surface area contributed by atoms with Crippen molar-refractivity contribution in [1.82, 2.24) is 5.32 Å². The molecule has 2 amide bonds. The van der Waals surface area contributed by atoms with Gasteiger partial charge < -0.3 is 15.4 Å². The molecule has 20 heavy (non-hydrogen) atoms. The monoisotopic (exact) mass is 270 g/mol. The molecule has 0 aliphatic heterocycles. The van der Waals surface area contributed by atoms with Crippen molar-refractivity contribution in [3.05, 3.63) is 48.5 Å². The lowest BCUT2D eigenvalue weighted by atomic mass is 10.0. The molecule has 104 valence electrons. The first kappa shape index (κ1) is 13.9. The highest BCUT2D eigenvalue weighted by molar-refractivity contribution is 5.90. The summed E-state index contributed by atoms with van der Waals surface area (Å²) in [6.07, 6.45) is 0. The lowest BCUT2D eigenvalue weighted by Gasteiger charge is -2.09. The van der Waals surface area contributed by atoms with Crippen LogP contribution in [0.4, 0.5) is 10.5 Å². The molecule has 0 bridgehead atoms. The zero-order chi connectivity index (χ0) is 14.4. The molecule has 4 nitrogen and oxygen atoms in total. The van der Waals surface area contributed by atoms with Gasteiger partial charge in [0.1, 0.15) is 5.75 Å². The number of amides is 2. The van der Waals surface area contributed by atoms with Crippen LogP contribution < -0.4 is 15.4 Å². The zero-order valence-corrected chi connectivity index (χ0v) is 11.6. The van der Waals surface area contributed by atoms with E-state index in [0.717, 1.165) is 22.6 Å². The Morgan fingerprint density at radius 3 is 2.50 bits per heavy atom. The van der Waals surface area contributed by atoms with Gasteiger partial charge in [0, 0.05) is 12.2 Å². The average molecular weight is 270 g/mol. The maximum absolute atomic E-state index is 11.5. The van der Waals surface area contributed by atoms with Gasteiger partial charge in [-0.15, -0.1) is 0 Å². The topological polar surface area (TPSA) is 50.4 Å². The van der Waals surface area contributed by atoms with Crippen LogP contribution in [0.15, 0.2) is 48.5 Å². The largest absolute Gasteiger partial charge is 0.497 e. The van der Waals surface area contributed by atoms with Gasteiger partial charge in [-0.05, 0) is 42.3 Å². The van der Waals surface area contributed by atoms with E-state index in [1.807, 2.05) is 55.5 Å². The molecular weight excluding hydrogens is 252 g/mol. The second-order valence-corrected chi connectivity index (χ2v) is 4.30. The number of nitrogens with one attached hydrogen (secondary N) is 2. The normalized spacial score (nSPS) is 9.90. The summed E-state index contributed by atoms with van der Waals surface area (Å²) in [4.78, 5) is 11.5. The Kier molecular flexibility index (Phi) is 4.60. The van der Waals surface area contributed by atoms with E-state index in [2.05, 4.69) is 10.6 Å². The second kappa shape index (κ2) is 6.61. The van der Waals surface area contributed by atoms with Crippen LogP contribution in [-0.2, 0) is 0 Å². The van der Waals surface area contributed by atoms with Gasteiger partial charge in [0.05, 0.1) is 7.11 Å². The average Bonchev–Trinajstić information content (AvgIpc) is 2.48. The molecule has 0 spiro atoms. The molecule has 0 heterocycles. The molecule has 0 unspecified atom stereocenters.